The molecule has 0 aromatic heterocycles. The first kappa shape index (κ1) is 23.1. The molecule has 168 valence electrons. The third-order valence-electron chi connectivity index (χ3n) is 5.90. The molecule has 31 heavy (non-hydrogen) atoms. The zero-order chi connectivity index (χ0) is 22.6. The van der Waals surface area contributed by atoms with Crippen molar-refractivity contribution in [1.82, 2.24) is 9.21 Å². The van der Waals surface area contributed by atoms with E-state index < -0.39 is 15.9 Å². The molecular formula is C23H30N2O5S. The van der Waals surface area contributed by atoms with Crippen LogP contribution in [0.2, 0.25) is 0 Å². The molecule has 0 spiro atoms. The fourth-order valence-corrected chi connectivity index (χ4v) is 5.58. The van der Waals surface area contributed by atoms with Gasteiger partial charge in [0.2, 0.25) is 15.9 Å². The number of rotatable bonds is 8. The van der Waals surface area contributed by atoms with Gasteiger partial charge in [-0.25, -0.2) is 8.42 Å². The second-order valence-corrected chi connectivity index (χ2v) is 9.44. The number of carbonyl (C=O) groups is 1. The number of nitrogens with zero attached hydrogens (tertiary/aromatic N) is 2. The summed E-state index contributed by atoms with van der Waals surface area (Å²) in [5.41, 5.74) is 0.900. The van der Waals surface area contributed by atoms with E-state index in [1.54, 1.807) is 24.1 Å². The predicted molar refractivity (Wildman–Crippen MR) is 119 cm³/mol. The van der Waals surface area contributed by atoms with Crippen LogP contribution in [-0.4, -0.2) is 63.9 Å². The molecule has 1 aliphatic rings. The summed E-state index contributed by atoms with van der Waals surface area (Å²) in [6, 6.07) is 13.8. The van der Waals surface area contributed by atoms with Crippen LogP contribution in [0, 0.1) is 5.92 Å². The molecule has 1 heterocycles. The standard InChI is InChI=1S/C23H30N2O5S/c1-5-24(6-2)23(26)22-16-25(15-21(22)17-8-7-9-19(14-17)30-4)31(27,28)20-12-10-18(29-3)11-13-20/h7-14,21-22H,5-6,15-16H2,1-4H3. The summed E-state index contributed by atoms with van der Waals surface area (Å²) >= 11 is 0. The second-order valence-electron chi connectivity index (χ2n) is 7.50. The first-order valence-electron chi connectivity index (χ1n) is 10.4. The SMILES string of the molecule is CCN(CC)C(=O)C1CN(S(=O)(=O)c2ccc(OC)cc2)CC1c1cccc(OC)c1. The van der Waals surface area contributed by atoms with Gasteiger partial charge in [-0.2, -0.15) is 4.31 Å². The summed E-state index contributed by atoms with van der Waals surface area (Å²) in [4.78, 5) is 15.2. The molecular weight excluding hydrogens is 416 g/mol. The maximum atomic E-state index is 13.3. The van der Waals surface area contributed by atoms with E-state index in [1.165, 1.54) is 23.5 Å². The van der Waals surface area contributed by atoms with Gasteiger partial charge in [-0.15, -0.1) is 0 Å². The molecule has 1 amide bonds. The summed E-state index contributed by atoms with van der Waals surface area (Å²) in [5.74, 6) is 0.536. The third-order valence-corrected chi connectivity index (χ3v) is 7.74. The van der Waals surface area contributed by atoms with Crippen LogP contribution in [0.4, 0.5) is 0 Å². The Bertz CT molecular complexity index is 1000. The summed E-state index contributed by atoms with van der Waals surface area (Å²) in [6.45, 7) is 5.42. The van der Waals surface area contributed by atoms with Crippen molar-refractivity contribution in [2.45, 2.75) is 24.7 Å². The van der Waals surface area contributed by atoms with Gasteiger partial charge in [0, 0.05) is 32.1 Å². The number of amides is 1. The van der Waals surface area contributed by atoms with Crippen molar-refractivity contribution in [2.24, 2.45) is 5.92 Å². The monoisotopic (exact) mass is 446 g/mol. The van der Waals surface area contributed by atoms with E-state index in [0.29, 0.717) is 24.6 Å². The van der Waals surface area contributed by atoms with E-state index in [1.807, 2.05) is 38.1 Å². The molecule has 7 nitrogen and oxygen atoms in total. The van der Waals surface area contributed by atoms with Crippen LogP contribution in [0.3, 0.4) is 0 Å². The largest absolute Gasteiger partial charge is 0.497 e. The van der Waals surface area contributed by atoms with Gasteiger partial charge in [0.25, 0.3) is 0 Å². The Labute approximate surface area is 184 Å². The van der Waals surface area contributed by atoms with Gasteiger partial charge in [0.05, 0.1) is 25.0 Å². The fourth-order valence-electron chi connectivity index (χ4n) is 4.09. The van der Waals surface area contributed by atoms with Crippen LogP contribution < -0.4 is 9.47 Å². The van der Waals surface area contributed by atoms with Gasteiger partial charge >= 0.3 is 0 Å². The van der Waals surface area contributed by atoms with Gasteiger partial charge in [-0.3, -0.25) is 4.79 Å². The van der Waals surface area contributed by atoms with E-state index >= 15 is 0 Å². The first-order chi connectivity index (χ1) is 14.8. The maximum absolute atomic E-state index is 13.3. The smallest absolute Gasteiger partial charge is 0.243 e. The van der Waals surface area contributed by atoms with E-state index in [0.717, 1.165) is 5.56 Å². The molecule has 2 atom stereocenters. The van der Waals surface area contributed by atoms with E-state index in [-0.39, 0.29) is 29.8 Å². The highest BCUT2D eigenvalue weighted by Crippen LogP contribution is 2.38. The van der Waals surface area contributed by atoms with Gasteiger partial charge in [0.15, 0.2) is 0 Å². The zero-order valence-corrected chi connectivity index (χ0v) is 19.3. The Balaban J connectivity index is 1.97. The highest BCUT2D eigenvalue weighted by atomic mass is 32.2. The number of hydrogen-bond donors (Lipinski definition) is 0. The summed E-state index contributed by atoms with van der Waals surface area (Å²) in [5, 5.41) is 0. The van der Waals surface area contributed by atoms with Gasteiger partial charge in [-0.1, -0.05) is 12.1 Å². The maximum Gasteiger partial charge on any atom is 0.243 e. The Morgan fingerprint density at radius 2 is 1.65 bits per heavy atom. The number of methoxy groups -OCH3 is 2. The lowest BCUT2D eigenvalue weighted by Gasteiger charge is -2.26. The third kappa shape index (κ3) is 4.70. The number of benzene rings is 2. The lowest BCUT2D eigenvalue weighted by molar-refractivity contribution is -0.135. The molecule has 2 aromatic carbocycles. The Kier molecular flexibility index (Phi) is 7.23. The molecule has 0 radical (unpaired) electrons. The molecule has 1 aliphatic heterocycles. The van der Waals surface area contributed by atoms with Crippen molar-refractivity contribution >= 4 is 15.9 Å². The number of hydrogen-bond acceptors (Lipinski definition) is 5. The van der Waals surface area contributed by atoms with Crippen LogP contribution in [0.1, 0.15) is 25.3 Å². The molecule has 8 heteroatoms. The minimum absolute atomic E-state index is 0.0229. The van der Waals surface area contributed by atoms with Crippen LogP contribution in [0.25, 0.3) is 0 Å². The van der Waals surface area contributed by atoms with E-state index in [9.17, 15) is 13.2 Å². The minimum atomic E-state index is -3.75. The van der Waals surface area contributed by atoms with Crippen LogP contribution in [-0.2, 0) is 14.8 Å². The van der Waals surface area contributed by atoms with Crippen molar-refractivity contribution < 1.29 is 22.7 Å². The van der Waals surface area contributed by atoms with Crippen molar-refractivity contribution in [2.75, 3.05) is 40.4 Å². The number of ether oxygens (including phenoxy) is 2. The van der Waals surface area contributed by atoms with Crippen molar-refractivity contribution in [3.63, 3.8) is 0 Å². The van der Waals surface area contributed by atoms with Crippen molar-refractivity contribution in [3.8, 4) is 11.5 Å². The van der Waals surface area contributed by atoms with Crippen LogP contribution >= 0.6 is 0 Å². The molecule has 1 fully saturated rings. The highest BCUT2D eigenvalue weighted by molar-refractivity contribution is 7.89. The molecule has 2 unspecified atom stereocenters. The van der Waals surface area contributed by atoms with E-state index in [2.05, 4.69) is 0 Å². The summed E-state index contributed by atoms with van der Waals surface area (Å²) in [6.07, 6.45) is 0. The van der Waals surface area contributed by atoms with Gasteiger partial charge in [-0.05, 0) is 55.8 Å². The number of sulfonamides is 1. The average molecular weight is 447 g/mol. The molecule has 0 aliphatic carbocycles. The average Bonchev–Trinajstić information content (AvgIpc) is 3.26. The first-order valence-corrected chi connectivity index (χ1v) is 11.9. The van der Waals surface area contributed by atoms with Gasteiger partial charge < -0.3 is 14.4 Å². The normalized spacial score (nSPS) is 19.2. The molecule has 1 saturated heterocycles. The predicted octanol–water partition coefficient (Wildman–Crippen LogP) is 2.98. The van der Waals surface area contributed by atoms with Crippen LogP contribution in [0.15, 0.2) is 53.4 Å². The second kappa shape index (κ2) is 9.70. The topological polar surface area (TPSA) is 76.2 Å². The summed E-state index contributed by atoms with van der Waals surface area (Å²) in [7, 11) is -0.626. The molecule has 0 saturated carbocycles. The fraction of sp³-hybridized carbons (Fsp3) is 0.435. The highest BCUT2D eigenvalue weighted by Gasteiger charge is 2.44. The molecule has 0 bridgehead atoms. The lowest BCUT2D eigenvalue weighted by Crippen LogP contribution is -2.39. The summed E-state index contributed by atoms with van der Waals surface area (Å²) < 4.78 is 38.6. The van der Waals surface area contributed by atoms with Gasteiger partial charge in [0.1, 0.15) is 11.5 Å². The zero-order valence-electron chi connectivity index (χ0n) is 18.4. The Morgan fingerprint density at radius 3 is 2.23 bits per heavy atom. The van der Waals surface area contributed by atoms with Crippen LogP contribution in [0.5, 0.6) is 11.5 Å². The van der Waals surface area contributed by atoms with Crippen molar-refractivity contribution in [1.29, 1.82) is 0 Å². The Morgan fingerprint density at radius 1 is 1.00 bits per heavy atom. The lowest BCUT2D eigenvalue weighted by atomic mass is 9.88. The van der Waals surface area contributed by atoms with E-state index in [4.69, 9.17) is 9.47 Å². The molecule has 2 aromatic rings. The van der Waals surface area contributed by atoms with Crippen molar-refractivity contribution in [3.05, 3.63) is 54.1 Å². The molecule has 3 rings (SSSR count). The molecule has 0 N–H and O–H groups in total. The minimum Gasteiger partial charge on any atom is -0.497 e. The number of carbonyl (C=O) groups excluding carboxylic acids is 1. The quantitative estimate of drug-likeness (QED) is 0.623. The Hall–Kier alpha value is -2.58.